The summed E-state index contributed by atoms with van der Waals surface area (Å²) >= 11 is 0. The van der Waals surface area contributed by atoms with E-state index in [4.69, 9.17) is 0 Å². The molecule has 102 valence electrons. The largest absolute Gasteiger partial charge is 0.508 e. The summed E-state index contributed by atoms with van der Waals surface area (Å²) in [5, 5.41) is 12.8. The van der Waals surface area contributed by atoms with E-state index in [2.05, 4.69) is 14.7 Å². The van der Waals surface area contributed by atoms with Crippen LogP contribution in [0.15, 0.2) is 42.6 Å². The molecule has 0 aliphatic carbocycles. The standard InChI is InChI=1S/C16H17N3O/c1-11-9-13(20)6-7-14(11)17-10-15-12(2)18-16-5-3-4-8-19(15)16/h3-9,17,20H,10H2,1-2H3. The number of nitrogens with zero attached hydrogens (tertiary/aromatic N) is 2. The number of benzene rings is 1. The first kappa shape index (κ1) is 12.5. The number of hydrogen-bond acceptors (Lipinski definition) is 3. The van der Waals surface area contributed by atoms with Crippen LogP contribution in [0.5, 0.6) is 5.75 Å². The fourth-order valence-electron chi connectivity index (χ4n) is 2.40. The Bertz CT molecular complexity index is 762. The normalized spacial score (nSPS) is 10.9. The van der Waals surface area contributed by atoms with Crippen molar-refractivity contribution in [1.82, 2.24) is 9.38 Å². The summed E-state index contributed by atoms with van der Waals surface area (Å²) in [7, 11) is 0. The zero-order chi connectivity index (χ0) is 14.1. The van der Waals surface area contributed by atoms with Crippen LogP contribution in [0, 0.1) is 13.8 Å². The maximum absolute atomic E-state index is 9.43. The van der Waals surface area contributed by atoms with Crippen LogP contribution < -0.4 is 5.32 Å². The molecule has 0 bridgehead atoms. The molecule has 0 atom stereocenters. The molecule has 0 aliphatic heterocycles. The maximum Gasteiger partial charge on any atom is 0.137 e. The first-order valence-corrected chi connectivity index (χ1v) is 6.61. The molecule has 2 N–H and O–H groups in total. The van der Waals surface area contributed by atoms with Crippen LogP contribution in [-0.4, -0.2) is 14.5 Å². The molecule has 0 unspecified atom stereocenters. The lowest BCUT2D eigenvalue weighted by atomic mass is 10.2. The second kappa shape index (κ2) is 4.89. The van der Waals surface area contributed by atoms with Crippen molar-refractivity contribution in [3.8, 4) is 5.75 Å². The van der Waals surface area contributed by atoms with E-state index in [1.54, 1.807) is 12.1 Å². The van der Waals surface area contributed by atoms with Crippen LogP contribution >= 0.6 is 0 Å². The SMILES string of the molecule is Cc1cc(O)ccc1NCc1c(C)nc2ccccn12. The van der Waals surface area contributed by atoms with Gasteiger partial charge in [-0.15, -0.1) is 0 Å². The van der Waals surface area contributed by atoms with Gasteiger partial charge in [-0.3, -0.25) is 0 Å². The van der Waals surface area contributed by atoms with Gasteiger partial charge in [-0.25, -0.2) is 4.98 Å². The van der Waals surface area contributed by atoms with Gasteiger partial charge in [0, 0.05) is 11.9 Å². The number of aryl methyl sites for hydroxylation is 2. The number of aromatic nitrogens is 2. The van der Waals surface area contributed by atoms with Gasteiger partial charge in [0.05, 0.1) is 17.9 Å². The van der Waals surface area contributed by atoms with E-state index in [1.165, 1.54) is 0 Å². The molecule has 0 saturated carbocycles. The zero-order valence-electron chi connectivity index (χ0n) is 11.6. The van der Waals surface area contributed by atoms with Crippen molar-refractivity contribution >= 4 is 11.3 Å². The minimum absolute atomic E-state index is 0.291. The van der Waals surface area contributed by atoms with Gasteiger partial charge in [0.2, 0.25) is 0 Å². The number of imidazole rings is 1. The number of pyridine rings is 1. The van der Waals surface area contributed by atoms with Crippen molar-refractivity contribution < 1.29 is 5.11 Å². The Morgan fingerprint density at radius 2 is 2.05 bits per heavy atom. The third-order valence-corrected chi connectivity index (χ3v) is 3.49. The summed E-state index contributed by atoms with van der Waals surface area (Å²) < 4.78 is 2.10. The molecule has 0 saturated heterocycles. The highest BCUT2D eigenvalue weighted by Crippen LogP contribution is 2.21. The lowest BCUT2D eigenvalue weighted by Crippen LogP contribution is -2.05. The number of hydrogen-bond donors (Lipinski definition) is 2. The Hall–Kier alpha value is -2.49. The van der Waals surface area contributed by atoms with Crippen molar-refractivity contribution in [2.75, 3.05) is 5.32 Å². The molecule has 2 heterocycles. The zero-order valence-corrected chi connectivity index (χ0v) is 11.6. The third-order valence-electron chi connectivity index (χ3n) is 3.49. The topological polar surface area (TPSA) is 49.6 Å². The Balaban J connectivity index is 1.88. The highest BCUT2D eigenvalue weighted by molar-refractivity contribution is 5.54. The molecule has 20 heavy (non-hydrogen) atoms. The molecular weight excluding hydrogens is 250 g/mol. The molecule has 2 aromatic heterocycles. The number of rotatable bonds is 3. The number of aromatic hydroxyl groups is 1. The van der Waals surface area contributed by atoms with Crippen LogP contribution in [0.2, 0.25) is 0 Å². The van der Waals surface area contributed by atoms with E-state index in [9.17, 15) is 5.11 Å². The minimum atomic E-state index is 0.291. The highest BCUT2D eigenvalue weighted by Gasteiger charge is 2.08. The van der Waals surface area contributed by atoms with E-state index >= 15 is 0 Å². The second-order valence-corrected chi connectivity index (χ2v) is 4.93. The van der Waals surface area contributed by atoms with Gasteiger partial charge in [0.1, 0.15) is 11.4 Å². The minimum Gasteiger partial charge on any atom is -0.508 e. The monoisotopic (exact) mass is 267 g/mol. The summed E-state index contributed by atoms with van der Waals surface area (Å²) in [5.41, 5.74) is 5.18. The summed E-state index contributed by atoms with van der Waals surface area (Å²) in [5.74, 6) is 0.291. The van der Waals surface area contributed by atoms with Crippen molar-refractivity contribution in [3.63, 3.8) is 0 Å². The Morgan fingerprint density at radius 1 is 1.20 bits per heavy atom. The van der Waals surface area contributed by atoms with Crippen molar-refractivity contribution in [1.29, 1.82) is 0 Å². The van der Waals surface area contributed by atoms with E-state index in [-0.39, 0.29) is 0 Å². The van der Waals surface area contributed by atoms with Gasteiger partial charge < -0.3 is 14.8 Å². The van der Waals surface area contributed by atoms with Gasteiger partial charge in [0.25, 0.3) is 0 Å². The van der Waals surface area contributed by atoms with Crippen LogP contribution in [0.3, 0.4) is 0 Å². The fraction of sp³-hybridized carbons (Fsp3) is 0.188. The molecule has 3 rings (SSSR count). The van der Waals surface area contributed by atoms with Crippen molar-refractivity contribution in [2.45, 2.75) is 20.4 Å². The summed E-state index contributed by atoms with van der Waals surface area (Å²) in [6.45, 7) is 4.69. The predicted octanol–water partition coefficient (Wildman–Crippen LogP) is 3.27. The third kappa shape index (κ3) is 2.20. The quantitative estimate of drug-likeness (QED) is 0.716. The average molecular weight is 267 g/mol. The van der Waals surface area contributed by atoms with Gasteiger partial charge in [-0.1, -0.05) is 6.07 Å². The smallest absolute Gasteiger partial charge is 0.137 e. The fourth-order valence-corrected chi connectivity index (χ4v) is 2.40. The molecule has 3 aromatic rings. The molecule has 1 aromatic carbocycles. The molecule has 0 amide bonds. The first-order valence-electron chi connectivity index (χ1n) is 6.61. The summed E-state index contributed by atoms with van der Waals surface area (Å²) in [6.07, 6.45) is 2.02. The molecule has 4 heteroatoms. The molecule has 0 fully saturated rings. The molecule has 0 aliphatic rings. The van der Waals surface area contributed by atoms with Crippen LogP contribution in [0.25, 0.3) is 5.65 Å². The Kier molecular flexibility index (Phi) is 3.06. The number of phenols is 1. The van der Waals surface area contributed by atoms with Crippen LogP contribution in [-0.2, 0) is 6.54 Å². The number of nitrogens with one attached hydrogen (secondary N) is 1. The number of fused-ring (bicyclic) bond motifs is 1. The summed E-state index contributed by atoms with van der Waals surface area (Å²) in [4.78, 5) is 4.54. The van der Waals surface area contributed by atoms with E-state index in [0.717, 1.165) is 28.3 Å². The van der Waals surface area contributed by atoms with Crippen molar-refractivity contribution in [2.24, 2.45) is 0 Å². The molecular formula is C16H17N3O. The Morgan fingerprint density at radius 3 is 2.85 bits per heavy atom. The van der Waals surface area contributed by atoms with E-state index < -0.39 is 0 Å². The van der Waals surface area contributed by atoms with Crippen LogP contribution in [0.1, 0.15) is 17.0 Å². The number of phenolic OH excluding ortho intramolecular Hbond substituents is 1. The van der Waals surface area contributed by atoms with Crippen molar-refractivity contribution in [3.05, 3.63) is 59.5 Å². The summed E-state index contributed by atoms with van der Waals surface area (Å²) in [6, 6.07) is 11.3. The molecule has 0 spiro atoms. The highest BCUT2D eigenvalue weighted by atomic mass is 16.3. The van der Waals surface area contributed by atoms with Gasteiger partial charge >= 0.3 is 0 Å². The molecule has 4 nitrogen and oxygen atoms in total. The number of anilines is 1. The van der Waals surface area contributed by atoms with E-state index in [0.29, 0.717) is 12.3 Å². The predicted molar refractivity (Wildman–Crippen MR) is 80.1 cm³/mol. The van der Waals surface area contributed by atoms with Crippen LogP contribution in [0.4, 0.5) is 5.69 Å². The Labute approximate surface area is 117 Å². The lowest BCUT2D eigenvalue weighted by Gasteiger charge is -2.10. The molecule has 0 radical (unpaired) electrons. The second-order valence-electron chi connectivity index (χ2n) is 4.93. The van der Waals surface area contributed by atoms with Gasteiger partial charge in [0.15, 0.2) is 0 Å². The van der Waals surface area contributed by atoms with Gasteiger partial charge in [-0.05, 0) is 49.7 Å². The maximum atomic E-state index is 9.43. The van der Waals surface area contributed by atoms with Gasteiger partial charge in [-0.2, -0.15) is 0 Å². The average Bonchev–Trinajstić information content (AvgIpc) is 2.74. The van der Waals surface area contributed by atoms with E-state index in [1.807, 2.05) is 44.3 Å². The first-order chi connectivity index (χ1) is 9.65. The lowest BCUT2D eigenvalue weighted by molar-refractivity contribution is 0.475.